The van der Waals surface area contributed by atoms with E-state index in [4.69, 9.17) is 5.11 Å². The summed E-state index contributed by atoms with van der Waals surface area (Å²) in [5.41, 5.74) is 1.05. The molecule has 0 amide bonds. The van der Waals surface area contributed by atoms with Gasteiger partial charge in [0.15, 0.2) is 0 Å². The predicted octanol–water partition coefficient (Wildman–Crippen LogP) is 2.01. The number of carboxylic acid groups (broad SMARTS) is 1. The minimum atomic E-state index is -0.907. The largest absolute Gasteiger partial charge is 0.478 e. The molecule has 2 N–H and O–H groups in total. The van der Waals surface area contributed by atoms with Crippen LogP contribution in [0.3, 0.4) is 0 Å². The van der Waals surface area contributed by atoms with Crippen molar-refractivity contribution in [1.82, 2.24) is 10.2 Å². The van der Waals surface area contributed by atoms with Crippen LogP contribution in [0.1, 0.15) is 48.7 Å². The molecule has 1 heterocycles. The Bertz CT molecular complexity index is 290. The van der Waals surface area contributed by atoms with Crippen molar-refractivity contribution in [3.8, 4) is 0 Å². The fraction of sp³-hybridized carbons (Fsp3) is 0.556. The van der Waals surface area contributed by atoms with Gasteiger partial charge >= 0.3 is 5.97 Å². The molecule has 0 radical (unpaired) electrons. The Morgan fingerprint density at radius 2 is 2.23 bits per heavy atom. The van der Waals surface area contributed by atoms with E-state index < -0.39 is 5.97 Å². The van der Waals surface area contributed by atoms with E-state index in [0.29, 0.717) is 5.56 Å². The van der Waals surface area contributed by atoms with Crippen LogP contribution in [-0.4, -0.2) is 21.3 Å². The van der Waals surface area contributed by atoms with Gasteiger partial charge in [-0.2, -0.15) is 5.10 Å². The zero-order valence-corrected chi connectivity index (χ0v) is 7.87. The van der Waals surface area contributed by atoms with Gasteiger partial charge < -0.3 is 5.11 Å². The lowest BCUT2D eigenvalue weighted by Crippen LogP contribution is -2.04. The smallest absolute Gasteiger partial charge is 0.339 e. The fourth-order valence-electron chi connectivity index (χ4n) is 1.47. The van der Waals surface area contributed by atoms with Gasteiger partial charge in [0.2, 0.25) is 0 Å². The molecule has 0 aliphatic rings. The quantitative estimate of drug-likeness (QED) is 0.748. The number of aromatic amines is 1. The molecule has 0 unspecified atom stereocenters. The van der Waals surface area contributed by atoms with E-state index in [1.54, 1.807) is 0 Å². The summed E-state index contributed by atoms with van der Waals surface area (Å²) < 4.78 is 0. The maximum Gasteiger partial charge on any atom is 0.339 e. The van der Waals surface area contributed by atoms with Crippen LogP contribution in [0.15, 0.2) is 6.20 Å². The first kappa shape index (κ1) is 9.77. The minimum Gasteiger partial charge on any atom is -0.478 e. The standard InChI is InChI=1S/C9H14N2O2/c1-3-6(4-2)8-7(9(12)13)5-10-11-8/h5-6H,3-4H2,1-2H3,(H,10,11)(H,12,13). The van der Waals surface area contributed by atoms with E-state index >= 15 is 0 Å². The highest BCUT2D eigenvalue weighted by molar-refractivity contribution is 5.88. The van der Waals surface area contributed by atoms with Crippen LogP contribution < -0.4 is 0 Å². The molecule has 0 bridgehead atoms. The van der Waals surface area contributed by atoms with Gasteiger partial charge in [-0.25, -0.2) is 4.79 Å². The third-order valence-corrected chi connectivity index (χ3v) is 2.29. The molecular formula is C9H14N2O2. The number of H-pyrrole nitrogens is 1. The second-order valence-electron chi connectivity index (χ2n) is 3.02. The van der Waals surface area contributed by atoms with Crippen molar-refractivity contribution in [3.05, 3.63) is 17.5 Å². The fourth-order valence-corrected chi connectivity index (χ4v) is 1.47. The maximum atomic E-state index is 10.8. The Labute approximate surface area is 77.0 Å². The van der Waals surface area contributed by atoms with Crippen LogP contribution in [0.4, 0.5) is 0 Å². The van der Waals surface area contributed by atoms with Crippen LogP contribution in [0.5, 0.6) is 0 Å². The van der Waals surface area contributed by atoms with Gasteiger partial charge in [-0.1, -0.05) is 13.8 Å². The Hall–Kier alpha value is -1.32. The molecule has 0 saturated heterocycles. The molecule has 13 heavy (non-hydrogen) atoms. The van der Waals surface area contributed by atoms with Crippen LogP contribution in [0.2, 0.25) is 0 Å². The number of hydrogen-bond acceptors (Lipinski definition) is 2. The van der Waals surface area contributed by atoms with Crippen LogP contribution in [-0.2, 0) is 0 Å². The SMILES string of the molecule is CCC(CC)c1[nH]ncc1C(=O)O. The Balaban J connectivity index is 2.98. The summed E-state index contributed by atoms with van der Waals surface area (Å²) in [5, 5.41) is 15.3. The molecule has 0 spiro atoms. The van der Waals surface area contributed by atoms with Gasteiger partial charge in [-0.3, -0.25) is 5.10 Å². The molecule has 0 atom stereocenters. The zero-order valence-electron chi connectivity index (χ0n) is 7.87. The van der Waals surface area contributed by atoms with Gasteiger partial charge in [0.25, 0.3) is 0 Å². The molecule has 0 aliphatic carbocycles. The van der Waals surface area contributed by atoms with Crippen molar-refractivity contribution in [3.63, 3.8) is 0 Å². The van der Waals surface area contributed by atoms with E-state index in [2.05, 4.69) is 10.2 Å². The van der Waals surface area contributed by atoms with Gasteiger partial charge in [0.1, 0.15) is 5.56 Å². The Morgan fingerprint density at radius 3 is 2.69 bits per heavy atom. The van der Waals surface area contributed by atoms with E-state index in [0.717, 1.165) is 18.5 Å². The summed E-state index contributed by atoms with van der Waals surface area (Å²) in [7, 11) is 0. The lowest BCUT2D eigenvalue weighted by Gasteiger charge is -2.10. The first-order chi connectivity index (χ1) is 6.20. The summed E-state index contributed by atoms with van der Waals surface area (Å²) >= 11 is 0. The molecule has 0 aliphatic heterocycles. The summed E-state index contributed by atoms with van der Waals surface area (Å²) in [6.07, 6.45) is 3.23. The third-order valence-electron chi connectivity index (χ3n) is 2.29. The van der Waals surface area contributed by atoms with Crippen LogP contribution in [0.25, 0.3) is 0 Å². The van der Waals surface area contributed by atoms with Gasteiger partial charge in [-0.15, -0.1) is 0 Å². The molecule has 1 aromatic rings. The number of carbonyl (C=O) groups is 1. The third kappa shape index (κ3) is 1.88. The van der Waals surface area contributed by atoms with Crippen molar-refractivity contribution >= 4 is 5.97 Å². The normalized spacial score (nSPS) is 10.7. The summed E-state index contributed by atoms with van der Waals surface area (Å²) in [6.45, 7) is 4.08. The summed E-state index contributed by atoms with van der Waals surface area (Å²) in [6, 6.07) is 0. The predicted molar refractivity (Wildman–Crippen MR) is 48.9 cm³/mol. The highest BCUT2D eigenvalue weighted by Crippen LogP contribution is 2.23. The second kappa shape index (κ2) is 4.07. The minimum absolute atomic E-state index is 0.272. The first-order valence-electron chi connectivity index (χ1n) is 4.47. The molecule has 1 aromatic heterocycles. The van der Waals surface area contributed by atoms with Gasteiger partial charge in [0.05, 0.1) is 11.9 Å². The van der Waals surface area contributed by atoms with Gasteiger partial charge in [0, 0.05) is 5.92 Å². The summed E-state index contributed by atoms with van der Waals surface area (Å²) in [4.78, 5) is 10.8. The molecule has 4 nitrogen and oxygen atoms in total. The molecule has 0 saturated carbocycles. The Morgan fingerprint density at radius 1 is 1.62 bits per heavy atom. The van der Waals surface area contributed by atoms with Crippen molar-refractivity contribution in [2.45, 2.75) is 32.6 Å². The van der Waals surface area contributed by atoms with E-state index in [-0.39, 0.29) is 5.92 Å². The van der Waals surface area contributed by atoms with E-state index in [1.807, 2.05) is 13.8 Å². The molecule has 72 valence electrons. The number of carboxylic acids is 1. The van der Waals surface area contributed by atoms with Crippen molar-refractivity contribution in [1.29, 1.82) is 0 Å². The number of hydrogen-bond donors (Lipinski definition) is 2. The zero-order chi connectivity index (χ0) is 9.84. The van der Waals surface area contributed by atoms with Crippen LogP contribution in [0, 0.1) is 0 Å². The average Bonchev–Trinajstić information content (AvgIpc) is 2.55. The summed E-state index contributed by atoms with van der Waals surface area (Å²) in [5.74, 6) is -0.635. The maximum absolute atomic E-state index is 10.8. The molecule has 4 heteroatoms. The highest BCUT2D eigenvalue weighted by Gasteiger charge is 2.18. The molecule has 0 fully saturated rings. The first-order valence-corrected chi connectivity index (χ1v) is 4.47. The number of nitrogens with zero attached hydrogens (tertiary/aromatic N) is 1. The number of aromatic nitrogens is 2. The number of aromatic carboxylic acids is 1. The number of nitrogens with one attached hydrogen (secondary N) is 1. The lowest BCUT2D eigenvalue weighted by atomic mass is 9.97. The van der Waals surface area contributed by atoms with Crippen LogP contribution >= 0.6 is 0 Å². The second-order valence-corrected chi connectivity index (χ2v) is 3.02. The van der Waals surface area contributed by atoms with E-state index in [9.17, 15) is 4.79 Å². The van der Waals surface area contributed by atoms with Crippen molar-refractivity contribution in [2.75, 3.05) is 0 Å². The number of rotatable bonds is 4. The van der Waals surface area contributed by atoms with Crippen molar-refractivity contribution in [2.24, 2.45) is 0 Å². The molecule has 0 aromatic carbocycles. The Kier molecular flexibility index (Phi) is 3.06. The topological polar surface area (TPSA) is 66.0 Å². The monoisotopic (exact) mass is 182 g/mol. The van der Waals surface area contributed by atoms with E-state index in [1.165, 1.54) is 6.20 Å². The lowest BCUT2D eigenvalue weighted by molar-refractivity contribution is 0.0695. The average molecular weight is 182 g/mol. The molecular weight excluding hydrogens is 168 g/mol. The van der Waals surface area contributed by atoms with Gasteiger partial charge in [-0.05, 0) is 12.8 Å². The highest BCUT2D eigenvalue weighted by atomic mass is 16.4. The molecule has 1 rings (SSSR count). The van der Waals surface area contributed by atoms with Crippen molar-refractivity contribution < 1.29 is 9.90 Å².